The van der Waals surface area contributed by atoms with Gasteiger partial charge in [0.05, 0.1) is 5.69 Å². The molecule has 6 heteroatoms. The standard InChI is InChI=1S/C12H14BrN5/c13-9-11-7-4-8-17(11)12-14-15-16-18(12)10-5-2-1-3-6-10/h1-3,5-6,11H,4,7-9H2. The Balaban J connectivity index is 1.97. The van der Waals surface area contributed by atoms with Crippen LogP contribution in [0.4, 0.5) is 5.95 Å². The average molecular weight is 308 g/mol. The number of benzene rings is 1. The molecule has 5 nitrogen and oxygen atoms in total. The van der Waals surface area contributed by atoms with Crippen LogP contribution in [0.3, 0.4) is 0 Å². The number of hydrogen-bond acceptors (Lipinski definition) is 4. The van der Waals surface area contributed by atoms with Gasteiger partial charge in [0, 0.05) is 17.9 Å². The first-order chi connectivity index (χ1) is 8.90. The van der Waals surface area contributed by atoms with Crippen molar-refractivity contribution in [1.82, 2.24) is 20.2 Å². The van der Waals surface area contributed by atoms with Crippen molar-refractivity contribution in [3.63, 3.8) is 0 Å². The third kappa shape index (κ3) is 2.01. The lowest BCUT2D eigenvalue weighted by Crippen LogP contribution is -2.32. The van der Waals surface area contributed by atoms with Gasteiger partial charge in [-0.1, -0.05) is 39.2 Å². The molecule has 1 aliphatic heterocycles. The van der Waals surface area contributed by atoms with Crippen molar-refractivity contribution in [3.05, 3.63) is 30.3 Å². The van der Waals surface area contributed by atoms with E-state index in [1.807, 2.05) is 30.3 Å². The summed E-state index contributed by atoms with van der Waals surface area (Å²) in [5.74, 6) is 0.836. The fourth-order valence-electron chi connectivity index (χ4n) is 2.36. The topological polar surface area (TPSA) is 46.8 Å². The normalized spacial score (nSPS) is 19.4. The van der Waals surface area contributed by atoms with E-state index in [0.717, 1.165) is 23.5 Å². The Morgan fingerprint density at radius 2 is 2.11 bits per heavy atom. The van der Waals surface area contributed by atoms with E-state index in [1.165, 1.54) is 12.8 Å². The summed E-state index contributed by atoms with van der Waals surface area (Å²) in [5.41, 5.74) is 0.998. The maximum atomic E-state index is 4.18. The maximum Gasteiger partial charge on any atom is 0.250 e. The van der Waals surface area contributed by atoms with Crippen molar-refractivity contribution in [2.75, 3.05) is 16.8 Å². The third-order valence-electron chi connectivity index (χ3n) is 3.27. The van der Waals surface area contributed by atoms with Gasteiger partial charge in [-0.3, -0.25) is 0 Å². The van der Waals surface area contributed by atoms with Gasteiger partial charge in [0.2, 0.25) is 0 Å². The summed E-state index contributed by atoms with van der Waals surface area (Å²) in [5, 5.41) is 13.0. The maximum absolute atomic E-state index is 4.18. The van der Waals surface area contributed by atoms with Crippen LogP contribution in [0, 0.1) is 0 Å². The Morgan fingerprint density at radius 1 is 1.28 bits per heavy atom. The number of hydrogen-bond donors (Lipinski definition) is 0. The van der Waals surface area contributed by atoms with E-state index in [2.05, 4.69) is 36.4 Å². The molecule has 0 radical (unpaired) electrons. The molecule has 0 saturated carbocycles. The van der Waals surface area contributed by atoms with Gasteiger partial charge in [0.25, 0.3) is 5.95 Å². The molecule has 3 rings (SSSR count). The number of tetrazole rings is 1. The molecule has 1 atom stereocenters. The molecule has 2 heterocycles. The minimum atomic E-state index is 0.485. The zero-order valence-electron chi connectivity index (χ0n) is 9.91. The summed E-state index contributed by atoms with van der Waals surface area (Å²) in [7, 11) is 0. The van der Waals surface area contributed by atoms with E-state index in [-0.39, 0.29) is 0 Å². The molecule has 0 amide bonds. The van der Waals surface area contributed by atoms with Crippen molar-refractivity contribution in [2.45, 2.75) is 18.9 Å². The molecule has 0 aliphatic carbocycles. The lowest BCUT2D eigenvalue weighted by molar-refractivity contribution is 0.711. The van der Waals surface area contributed by atoms with Crippen LogP contribution in [0.1, 0.15) is 12.8 Å². The Morgan fingerprint density at radius 3 is 2.89 bits per heavy atom. The van der Waals surface area contributed by atoms with Crippen molar-refractivity contribution >= 4 is 21.9 Å². The first-order valence-corrected chi connectivity index (χ1v) is 7.18. The largest absolute Gasteiger partial charge is 0.336 e. The molecule has 1 fully saturated rings. The summed E-state index contributed by atoms with van der Waals surface area (Å²) >= 11 is 3.56. The predicted octanol–water partition coefficient (Wildman–Crippen LogP) is 2.03. The van der Waals surface area contributed by atoms with Gasteiger partial charge in [0.15, 0.2) is 0 Å². The molecular formula is C12H14BrN5. The Bertz CT molecular complexity index is 512. The highest BCUT2D eigenvalue weighted by Crippen LogP contribution is 2.25. The van der Waals surface area contributed by atoms with Gasteiger partial charge in [-0.05, 0) is 35.4 Å². The number of rotatable bonds is 3. The number of para-hydroxylation sites is 1. The van der Waals surface area contributed by atoms with E-state index in [0.29, 0.717) is 6.04 Å². The second kappa shape index (κ2) is 5.06. The predicted molar refractivity (Wildman–Crippen MR) is 73.3 cm³/mol. The molecule has 1 aromatic carbocycles. The highest BCUT2D eigenvalue weighted by atomic mass is 79.9. The van der Waals surface area contributed by atoms with E-state index in [4.69, 9.17) is 0 Å². The van der Waals surface area contributed by atoms with Gasteiger partial charge in [0.1, 0.15) is 0 Å². The third-order valence-corrected chi connectivity index (χ3v) is 4.01. The molecule has 1 aliphatic rings. The fraction of sp³-hybridized carbons (Fsp3) is 0.417. The van der Waals surface area contributed by atoms with Crippen molar-refractivity contribution in [1.29, 1.82) is 0 Å². The number of aromatic nitrogens is 4. The second-order valence-corrected chi connectivity index (χ2v) is 5.02. The first-order valence-electron chi connectivity index (χ1n) is 6.06. The van der Waals surface area contributed by atoms with E-state index < -0.39 is 0 Å². The first kappa shape index (κ1) is 11.6. The van der Waals surface area contributed by atoms with Crippen LogP contribution in [0.15, 0.2) is 30.3 Å². The van der Waals surface area contributed by atoms with Gasteiger partial charge >= 0.3 is 0 Å². The average Bonchev–Trinajstić information content (AvgIpc) is 3.07. The van der Waals surface area contributed by atoms with E-state index >= 15 is 0 Å². The van der Waals surface area contributed by atoms with E-state index in [9.17, 15) is 0 Å². The number of halogens is 1. The summed E-state index contributed by atoms with van der Waals surface area (Å²) < 4.78 is 1.81. The van der Waals surface area contributed by atoms with Crippen LogP contribution in [0.2, 0.25) is 0 Å². The zero-order valence-corrected chi connectivity index (χ0v) is 11.5. The van der Waals surface area contributed by atoms with Gasteiger partial charge in [-0.25, -0.2) is 0 Å². The molecule has 1 saturated heterocycles. The van der Waals surface area contributed by atoms with Crippen LogP contribution in [0.5, 0.6) is 0 Å². The lowest BCUT2D eigenvalue weighted by Gasteiger charge is -2.23. The Kier molecular flexibility index (Phi) is 3.27. The minimum Gasteiger partial charge on any atom is -0.336 e. The Labute approximate surface area is 114 Å². The van der Waals surface area contributed by atoms with Crippen LogP contribution in [-0.4, -0.2) is 38.1 Å². The molecule has 0 N–H and O–H groups in total. The summed E-state index contributed by atoms with van der Waals surface area (Å²) in [4.78, 5) is 2.28. The highest BCUT2D eigenvalue weighted by molar-refractivity contribution is 9.09. The van der Waals surface area contributed by atoms with Gasteiger partial charge in [-0.15, -0.1) is 0 Å². The van der Waals surface area contributed by atoms with E-state index in [1.54, 1.807) is 4.68 Å². The van der Waals surface area contributed by atoms with Crippen LogP contribution >= 0.6 is 15.9 Å². The molecule has 1 aromatic heterocycles. The molecule has 0 bridgehead atoms. The molecular weight excluding hydrogens is 294 g/mol. The molecule has 18 heavy (non-hydrogen) atoms. The summed E-state index contributed by atoms with van der Waals surface area (Å²) in [6.45, 7) is 1.02. The van der Waals surface area contributed by atoms with Gasteiger partial charge in [-0.2, -0.15) is 4.68 Å². The SMILES string of the molecule is BrCC1CCCN1c1nnnn1-c1ccccc1. The second-order valence-electron chi connectivity index (χ2n) is 4.37. The molecule has 0 spiro atoms. The quantitative estimate of drug-likeness (QED) is 0.814. The smallest absolute Gasteiger partial charge is 0.250 e. The van der Waals surface area contributed by atoms with Crippen molar-refractivity contribution in [3.8, 4) is 5.69 Å². The summed E-state index contributed by atoms with van der Waals surface area (Å²) in [6.07, 6.45) is 2.38. The summed E-state index contributed by atoms with van der Waals surface area (Å²) in [6, 6.07) is 10.5. The molecule has 2 aromatic rings. The molecule has 94 valence electrons. The number of alkyl halides is 1. The van der Waals surface area contributed by atoms with Crippen LogP contribution in [0.25, 0.3) is 5.69 Å². The number of nitrogens with zero attached hydrogens (tertiary/aromatic N) is 5. The van der Waals surface area contributed by atoms with Crippen molar-refractivity contribution in [2.24, 2.45) is 0 Å². The van der Waals surface area contributed by atoms with Crippen LogP contribution < -0.4 is 4.90 Å². The number of anilines is 1. The lowest BCUT2D eigenvalue weighted by atomic mass is 10.2. The monoisotopic (exact) mass is 307 g/mol. The fourth-order valence-corrected chi connectivity index (χ4v) is 3.03. The van der Waals surface area contributed by atoms with Crippen molar-refractivity contribution < 1.29 is 0 Å². The minimum absolute atomic E-state index is 0.485. The van der Waals surface area contributed by atoms with Crippen LogP contribution in [-0.2, 0) is 0 Å². The highest BCUT2D eigenvalue weighted by Gasteiger charge is 2.28. The van der Waals surface area contributed by atoms with Gasteiger partial charge < -0.3 is 4.90 Å². The zero-order chi connectivity index (χ0) is 12.4. The molecule has 1 unspecified atom stereocenters. The Hall–Kier alpha value is -1.43.